The van der Waals surface area contributed by atoms with Crippen LogP contribution in [0.15, 0.2) is 0 Å². The molecule has 0 aromatic carbocycles. The normalized spacial score (nSPS) is 11.1. The fraction of sp³-hybridized carbons (Fsp3) is 1.00. The molecular weight excluding hydrogens is 236 g/mol. The fourth-order valence-electron chi connectivity index (χ4n) is 1.99. The van der Waals surface area contributed by atoms with Gasteiger partial charge in [0.25, 0.3) is 0 Å². The summed E-state index contributed by atoms with van der Waals surface area (Å²) >= 11 is 0. The molecule has 4 N–H and O–H groups in total. The second-order valence-electron chi connectivity index (χ2n) is 4.97. The first kappa shape index (κ1) is 18.8. The summed E-state index contributed by atoms with van der Waals surface area (Å²) in [4.78, 5) is 0. The van der Waals surface area contributed by atoms with Crippen molar-refractivity contribution in [2.24, 2.45) is 0 Å². The Morgan fingerprint density at radius 3 is 1.21 bits per heavy atom. The predicted molar refractivity (Wildman–Crippen MR) is 85.9 cm³/mol. The second kappa shape index (κ2) is 17.8. The van der Waals surface area contributed by atoms with Gasteiger partial charge in [0.1, 0.15) is 0 Å². The maximum atomic E-state index is 3.47. The molecule has 0 spiro atoms. The van der Waals surface area contributed by atoms with Crippen LogP contribution < -0.4 is 21.3 Å². The molecule has 0 aliphatic rings. The molecule has 0 radical (unpaired) electrons. The van der Waals surface area contributed by atoms with E-state index in [2.05, 4.69) is 35.1 Å². The van der Waals surface area contributed by atoms with E-state index in [0.29, 0.717) is 0 Å². The Labute approximate surface area is 120 Å². The minimum absolute atomic E-state index is 1.07. The lowest BCUT2D eigenvalue weighted by atomic mass is 10.1. The van der Waals surface area contributed by atoms with Crippen LogP contribution in [0.5, 0.6) is 0 Å². The number of hydrogen-bond acceptors (Lipinski definition) is 4. The average molecular weight is 272 g/mol. The third-order valence-corrected chi connectivity index (χ3v) is 3.16. The largest absolute Gasteiger partial charge is 0.316 e. The second-order valence-corrected chi connectivity index (χ2v) is 4.97. The molecule has 0 aromatic rings. The minimum atomic E-state index is 1.07. The first-order chi connectivity index (χ1) is 9.41. The maximum Gasteiger partial charge on any atom is 0.00767 e. The lowest BCUT2D eigenvalue weighted by molar-refractivity contribution is 0.545. The van der Waals surface area contributed by atoms with Crippen LogP contribution in [0.3, 0.4) is 0 Å². The van der Waals surface area contributed by atoms with Gasteiger partial charge in [-0.15, -0.1) is 0 Å². The van der Waals surface area contributed by atoms with Crippen molar-refractivity contribution in [3.05, 3.63) is 0 Å². The molecule has 0 heterocycles. The number of nitrogens with one attached hydrogen (secondary N) is 4. The fourth-order valence-corrected chi connectivity index (χ4v) is 1.99. The Morgan fingerprint density at radius 2 is 0.789 bits per heavy atom. The van der Waals surface area contributed by atoms with Crippen LogP contribution in [-0.2, 0) is 0 Å². The molecule has 0 saturated heterocycles. The van der Waals surface area contributed by atoms with Crippen LogP contribution in [0, 0.1) is 0 Å². The van der Waals surface area contributed by atoms with Gasteiger partial charge in [0.15, 0.2) is 0 Å². The number of hydrogen-bond donors (Lipinski definition) is 4. The van der Waals surface area contributed by atoms with Gasteiger partial charge in [-0.05, 0) is 39.0 Å². The molecule has 0 atom stereocenters. The molecule has 0 unspecified atom stereocenters. The topological polar surface area (TPSA) is 48.1 Å². The first-order valence-electron chi connectivity index (χ1n) is 8.24. The van der Waals surface area contributed by atoms with Gasteiger partial charge in [-0.1, -0.05) is 33.1 Å². The third kappa shape index (κ3) is 17.8. The van der Waals surface area contributed by atoms with Crippen molar-refractivity contribution < 1.29 is 0 Å². The summed E-state index contributed by atoms with van der Waals surface area (Å²) in [5, 5.41) is 13.6. The first-order valence-corrected chi connectivity index (χ1v) is 8.24. The van der Waals surface area contributed by atoms with Crippen LogP contribution >= 0.6 is 0 Å². The maximum absolute atomic E-state index is 3.47. The lowest BCUT2D eigenvalue weighted by Gasteiger charge is -2.06. The lowest BCUT2D eigenvalue weighted by Crippen LogP contribution is -2.27. The van der Waals surface area contributed by atoms with E-state index in [-0.39, 0.29) is 0 Å². The Bertz CT molecular complexity index is 137. The standard InChI is InChI=1S/C15H36N4/c1-3-16-12-14-18-10-8-6-5-7-9-11-19-15-13-17-4-2/h16-19H,3-15H2,1-2H3. The molecule has 0 aromatic heterocycles. The van der Waals surface area contributed by atoms with Gasteiger partial charge >= 0.3 is 0 Å². The zero-order valence-corrected chi connectivity index (χ0v) is 13.2. The summed E-state index contributed by atoms with van der Waals surface area (Å²) in [7, 11) is 0. The molecule has 0 amide bonds. The highest BCUT2D eigenvalue weighted by atomic mass is 14.9. The van der Waals surface area contributed by atoms with Crippen LogP contribution in [0.2, 0.25) is 0 Å². The molecular formula is C15H36N4. The highest BCUT2D eigenvalue weighted by Crippen LogP contribution is 2.01. The zero-order chi connectivity index (χ0) is 14.0. The van der Waals surface area contributed by atoms with Crippen LogP contribution in [0.4, 0.5) is 0 Å². The van der Waals surface area contributed by atoms with Gasteiger partial charge < -0.3 is 21.3 Å². The van der Waals surface area contributed by atoms with E-state index in [1.807, 2.05) is 0 Å². The molecule has 0 saturated carbocycles. The summed E-state index contributed by atoms with van der Waals surface area (Å²) in [6.07, 6.45) is 6.75. The number of unbranched alkanes of at least 4 members (excludes halogenated alkanes) is 4. The molecule has 4 heteroatoms. The Hall–Kier alpha value is -0.160. The summed E-state index contributed by atoms with van der Waals surface area (Å²) in [6, 6.07) is 0. The zero-order valence-electron chi connectivity index (χ0n) is 13.2. The van der Waals surface area contributed by atoms with Crippen molar-refractivity contribution in [3.8, 4) is 0 Å². The molecule has 0 aliphatic heterocycles. The number of rotatable bonds is 16. The Balaban J connectivity index is 2.88. The van der Waals surface area contributed by atoms with Crippen molar-refractivity contribution in [2.75, 3.05) is 52.4 Å². The van der Waals surface area contributed by atoms with Gasteiger partial charge in [0.05, 0.1) is 0 Å². The SMILES string of the molecule is CCNCCNCCCCCCCNCCNCC. The smallest absolute Gasteiger partial charge is 0.00767 e. The van der Waals surface area contributed by atoms with Crippen molar-refractivity contribution >= 4 is 0 Å². The van der Waals surface area contributed by atoms with E-state index in [0.717, 1.165) is 39.3 Å². The molecule has 0 rings (SSSR count). The summed E-state index contributed by atoms with van der Waals surface area (Å²) in [5.74, 6) is 0. The van der Waals surface area contributed by atoms with Gasteiger partial charge in [0, 0.05) is 26.2 Å². The molecule has 0 aliphatic carbocycles. The average Bonchev–Trinajstić information content (AvgIpc) is 2.43. The van der Waals surface area contributed by atoms with E-state index in [1.54, 1.807) is 0 Å². The summed E-state index contributed by atoms with van der Waals surface area (Å²) in [6.45, 7) is 13.2. The summed E-state index contributed by atoms with van der Waals surface area (Å²) < 4.78 is 0. The monoisotopic (exact) mass is 272 g/mol. The van der Waals surface area contributed by atoms with Crippen LogP contribution in [0.25, 0.3) is 0 Å². The van der Waals surface area contributed by atoms with E-state index in [4.69, 9.17) is 0 Å². The predicted octanol–water partition coefficient (Wildman–Crippen LogP) is 1.34. The van der Waals surface area contributed by atoms with E-state index < -0.39 is 0 Å². The Morgan fingerprint density at radius 1 is 0.421 bits per heavy atom. The van der Waals surface area contributed by atoms with Gasteiger partial charge in [-0.2, -0.15) is 0 Å². The van der Waals surface area contributed by atoms with E-state index in [1.165, 1.54) is 45.2 Å². The van der Waals surface area contributed by atoms with Gasteiger partial charge in [-0.3, -0.25) is 0 Å². The van der Waals surface area contributed by atoms with E-state index in [9.17, 15) is 0 Å². The van der Waals surface area contributed by atoms with Gasteiger partial charge in [-0.25, -0.2) is 0 Å². The van der Waals surface area contributed by atoms with E-state index >= 15 is 0 Å². The van der Waals surface area contributed by atoms with Crippen LogP contribution in [0.1, 0.15) is 46.0 Å². The van der Waals surface area contributed by atoms with Crippen molar-refractivity contribution in [1.82, 2.24) is 21.3 Å². The molecule has 0 bridgehead atoms. The van der Waals surface area contributed by atoms with Crippen molar-refractivity contribution in [1.29, 1.82) is 0 Å². The Kier molecular flexibility index (Phi) is 17.7. The van der Waals surface area contributed by atoms with Crippen molar-refractivity contribution in [3.63, 3.8) is 0 Å². The quantitative estimate of drug-likeness (QED) is 0.320. The summed E-state index contributed by atoms with van der Waals surface area (Å²) in [5.41, 5.74) is 0. The molecule has 19 heavy (non-hydrogen) atoms. The molecule has 4 nitrogen and oxygen atoms in total. The highest BCUT2D eigenvalue weighted by molar-refractivity contribution is 4.54. The molecule has 0 fully saturated rings. The van der Waals surface area contributed by atoms with Crippen LogP contribution in [-0.4, -0.2) is 52.4 Å². The third-order valence-electron chi connectivity index (χ3n) is 3.16. The van der Waals surface area contributed by atoms with Gasteiger partial charge in [0.2, 0.25) is 0 Å². The number of likely N-dealkylation sites (N-methyl/N-ethyl adjacent to an activating group) is 2. The highest BCUT2D eigenvalue weighted by Gasteiger charge is 1.92. The minimum Gasteiger partial charge on any atom is -0.316 e. The molecule has 116 valence electrons. The van der Waals surface area contributed by atoms with Crippen molar-refractivity contribution in [2.45, 2.75) is 46.0 Å².